The second-order valence-electron chi connectivity index (χ2n) is 7.89. The fourth-order valence-electron chi connectivity index (χ4n) is 4.16. The monoisotopic (exact) mass is 377 g/mol. The number of benzene rings is 2. The zero-order valence-electron chi connectivity index (χ0n) is 16.1. The summed E-state index contributed by atoms with van der Waals surface area (Å²) in [4.78, 5) is 39.1. The first kappa shape index (κ1) is 18.4. The minimum atomic E-state index is -0.443. The van der Waals surface area contributed by atoms with Crippen molar-refractivity contribution in [3.05, 3.63) is 59.7 Å². The largest absolute Gasteiger partial charge is 0.423 e. The smallest absolute Gasteiger partial charge is 0.343 e. The van der Waals surface area contributed by atoms with Crippen molar-refractivity contribution in [2.75, 3.05) is 4.90 Å². The van der Waals surface area contributed by atoms with Gasteiger partial charge in [-0.15, -0.1) is 0 Å². The summed E-state index contributed by atoms with van der Waals surface area (Å²) in [6.45, 7) is 4.08. The van der Waals surface area contributed by atoms with Crippen molar-refractivity contribution in [3.8, 4) is 5.75 Å². The molecule has 3 atom stereocenters. The maximum Gasteiger partial charge on any atom is 0.343 e. The van der Waals surface area contributed by atoms with E-state index in [1.165, 1.54) is 4.90 Å². The maximum absolute atomic E-state index is 12.8. The van der Waals surface area contributed by atoms with Crippen LogP contribution >= 0.6 is 0 Å². The number of carbonyl (C=O) groups is 3. The quantitative estimate of drug-likeness (QED) is 0.458. The number of fused-ring (bicyclic) bond motifs is 1. The number of rotatable bonds is 3. The van der Waals surface area contributed by atoms with Gasteiger partial charge in [-0.25, -0.2) is 4.79 Å². The Labute approximate surface area is 164 Å². The highest BCUT2D eigenvalue weighted by Crippen LogP contribution is 2.42. The van der Waals surface area contributed by atoms with Crippen molar-refractivity contribution in [2.45, 2.75) is 33.1 Å². The van der Waals surface area contributed by atoms with E-state index in [1.54, 1.807) is 36.4 Å². The van der Waals surface area contributed by atoms with Crippen LogP contribution in [0.1, 0.15) is 42.1 Å². The first-order valence-corrected chi connectivity index (χ1v) is 9.71. The molecule has 0 spiro atoms. The topological polar surface area (TPSA) is 63.7 Å². The predicted octanol–water partition coefficient (Wildman–Crippen LogP) is 4.14. The lowest BCUT2D eigenvalue weighted by Crippen LogP contribution is -2.30. The van der Waals surface area contributed by atoms with Gasteiger partial charge in [0.2, 0.25) is 11.8 Å². The van der Waals surface area contributed by atoms with Gasteiger partial charge in [-0.2, -0.15) is 0 Å². The Balaban J connectivity index is 1.49. The van der Waals surface area contributed by atoms with Crippen molar-refractivity contribution in [1.29, 1.82) is 0 Å². The molecule has 0 aromatic heterocycles. The summed E-state index contributed by atoms with van der Waals surface area (Å²) in [5, 5.41) is 0. The summed E-state index contributed by atoms with van der Waals surface area (Å²) >= 11 is 0. The van der Waals surface area contributed by atoms with Crippen LogP contribution in [0, 0.1) is 24.7 Å². The number of aryl methyl sites for hydroxylation is 1. The number of hydrogen-bond acceptors (Lipinski definition) is 4. The Morgan fingerprint density at radius 2 is 1.57 bits per heavy atom. The van der Waals surface area contributed by atoms with Gasteiger partial charge in [0.15, 0.2) is 0 Å². The summed E-state index contributed by atoms with van der Waals surface area (Å²) in [5.74, 6) is -0.197. The van der Waals surface area contributed by atoms with E-state index in [0.29, 0.717) is 22.9 Å². The summed E-state index contributed by atoms with van der Waals surface area (Å²) < 4.78 is 5.39. The van der Waals surface area contributed by atoms with E-state index in [-0.39, 0.29) is 23.7 Å². The third-order valence-electron chi connectivity index (χ3n) is 5.78. The molecule has 2 aromatic carbocycles. The number of nitrogens with zero attached hydrogens (tertiary/aromatic N) is 1. The first-order valence-electron chi connectivity index (χ1n) is 9.71. The van der Waals surface area contributed by atoms with Crippen molar-refractivity contribution in [1.82, 2.24) is 0 Å². The number of hydrogen-bond donors (Lipinski definition) is 0. The standard InChI is InChI=1S/C23H23NO4/c1-14-3-6-16(7-4-14)23(27)28-18-10-8-17(9-11-18)24-21(25)19-12-5-15(2)13-20(19)22(24)26/h3-4,6-11,15,19-20H,5,12-13H2,1-2H3/t15-,19-,20+/m0/s1. The van der Waals surface area contributed by atoms with E-state index in [0.717, 1.165) is 24.8 Å². The van der Waals surface area contributed by atoms with Crippen LogP contribution in [0.2, 0.25) is 0 Å². The van der Waals surface area contributed by atoms with Gasteiger partial charge in [-0.05, 0) is 68.5 Å². The fourth-order valence-corrected chi connectivity index (χ4v) is 4.16. The molecule has 0 bridgehead atoms. The fraction of sp³-hybridized carbons (Fsp3) is 0.348. The van der Waals surface area contributed by atoms with Gasteiger partial charge in [0.05, 0.1) is 23.1 Å². The second kappa shape index (κ2) is 7.23. The molecule has 0 unspecified atom stereocenters. The molecule has 1 heterocycles. The number of imide groups is 1. The lowest BCUT2D eigenvalue weighted by atomic mass is 9.76. The Morgan fingerprint density at radius 1 is 0.929 bits per heavy atom. The highest BCUT2D eigenvalue weighted by atomic mass is 16.5. The Morgan fingerprint density at radius 3 is 2.25 bits per heavy atom. The number of carbonyl (C=O) groups excluding carboxylic acids is 3. The van der Waals surface area contributed by atoms with Crippen molar-refractivity contribution < 1.29 is 19.1 Å². The molecule has 4 rings (SSSR count). The van der Waals surface area contributed by atoms with Gasteiger partial charge in [-0.1, -0.05) is 24.6 Å². The van der Waals surface area contributed by atoms with Crippen LogP contribution in [0.4, 0.5) is 5.69 Å². The molecule has 1 saturated heterocycles. The molecule has 1 saturated carbocycles. The second-order valence-corrected chi connectivity index (χ2v) is 7.89. The van der Waals surface area contributed by atoms with E-state index >= 15 is 0 Å². The molecule has 0 N–H and O–H groups in total. The van der Waals surface area contributed by atoms with Crippen LogP contribution in [-0.4, -0.2) is 17.8 Å². The summed E-state index contributed by atoms with van der Waals surface area (Å²) in [6, 6.07) is 13.7. The number of amides is 2. The molecule has 5 heteroatoms. The zero-order chi connectivity index (χ0) is 19.8. The minimum absolute atomic E-state index is 0.105. The van der Waals surface area contributed by atoms with Crippen LogP contribution in [0.5, 0.6) is 5.75 Å². The maximum atomic E-state index is 12.8. The third-order valence-corrected chi connectivity index (χ3v) is 5.78. The third kappa shape index (κ3) is 3.33. The lowest BCUT2D eigenvalue weighted by molar-refractivity contribution is -0.122. The SMILES string of the molecule is Cc1ccc(C(=O)Oc2ccc(N3C(=O)[C@H]4CC[C@H](C)C[C@H]4C3=O)cc2)cc1. The van der Waals surface area contributed by atoms with Crippen molar-refractivity contribution >= 4 is 23.5 Å². The molecular weight excluding hydrogens is 354 g/mol. The van der Waals surface area contributed by atoms with Gasteiger partial charge >= 0.3 is 5.97 Å². The first-order chi connectivity index (χ1) is 13.4. The molecule has 1 aliphatic carbocycles. The van der Waals surface area contributed by atoms with Gasteiger partial charge in [0.25, 0.3) is 0 Å². The Bertz CT molecular complexity index is 917. The summed E-state index contributed by atoms with van der Waals surface area (Å²) in [5.41, 5.74) is 2.07. The summed E-state index contributed by atoms with van der Waals surface area (Å²) in [7, 11) is 0. The number of ether oxygens (including phenoxy) is 1. The summed E-state index contributed by atoms with van der Waals surface area (Å²) in [6.07, 6.45) is 2.54. The molecule has 2 aliphatic rings. The van der Waals surface area contributed by atoms with Crippen LogP contribution < -0.4 is 9.64 Å². The molecule has 1 aliphatic heterocycles. The Kier molecular flexibility index (Phi) is 4.75. The van der Waals surface area contributed by atoms with Gasteiger partial charge in [0, 0.05) is 0 Å². The molecular formula is C23H23NO4. The van der Waals surface area contributed by atoms with Crippen molar-refractivity contribution in [2.24, 2.45) is 17.8 Å². The van der Waals surface area contributed by atoms with E-state index in [2.05, 4.69) is 6.92 Å². The van der Waals surface area contributed by atoms with E-state index in [4.69, 9.17) is 4.74 Å². The van der Waals surface area contributed by atoms with Crippen LogP contribution in [0.25, 0.3) is 0 Å². The average molecular weight is 377 g/mol. The predicted molar refractivity (Wildman–Crippen MR) is 105 cm³/mol. The van der Waals surface area contributed by atoms with E-state index < -0.39 is 5.97 Å². The van der Waals surface area contributed by atoms with Crippen LogP contribution in [0.15, 0.2) is 48.5 Å². The number of esters is 1. The molecule has 28 heavy (non-hydrogen) atoms. The molecule has 0 radical (unpaired) electrons. The van der Waals surface area contributed by atoms with Crippen molar-refractivity contribution in [3.63, 3.8) is 0 Å². The minimum Gasteiger partial charge on any atom is -0.423 e. The average Bonchev–Trinajstić information content (AvgIpc) is 2.93. The highest BCUT2D eigenvalue weighted by molar-refractivity contribution is 6.22. The van der Waals surface area contributed by atoms with Crippen LogP contribution in [-0.2, 0) is 9.59 Å². The van der Waals surface area contributed by atoms with Gasteiger partial charge < -0.3 is 4.74 Å². The molecule has 2 fully saturated rings. The van der Waals surface area contributed by atoms with Gasteiger partial charge in [0.1, 0.15) is 5.75 Å². The highest BCUT2D eigenvalue weighted by Gasteiger charge is 2.49. The van der Waals surface area contributed by atoms with Gasteiger partial charge in [-0.3, -0.25) is 14.5 Å². The normalized spacial score (nSPS) is 24.2. The van der Waals surface area contributed by atoms with E-state index in [9.17, 15) is 14.4 Å². The molecule has 2 amide bonds. The van der Waals surface area contributed by atoms with E-state index in [1.807, 2.05) is 19.1 Å². The number of anilines is 1. The molecule has 144 valence electrons. The van der Waals surface area contributed by atoms with Crippen LogP contribution in [0.3, 0.4) is 0 Å². The lowest BCUT2D eigenvalue weighted by Gasteiger charge is -2.25. The zero-order valence-corrected chi connectivity index (χ0v) is 16.1. The molecule has 2 aromatic rings. The Hall–Kier alpha value is -2.95. The molecule has 5 nitrogen and oxygen atoms in total.